The molecule has 0 saturated heterocycles. The van der Waals surface area contributed by atoms with Crippen molar-refractivity contribution in [1.29, 1.82) is 0 Å². The smallest absolute Gasteiger partial charge is 0.149 e. The zero-order valence-corrected chi connectivity index (χ0v) is 38.8. The molecule has 0 aliphatic carbocycles. The van der Waals surface area contributed by atoms with E-state index in [9.17, 15) is 5.11 Å². The van der Waals surface area contributed by atoms with E-state index in [1.54, 1.807) is 12.1 Å². The Labute approximate surface area is 399 Å². The molecule has 8 aromatic carbocycles. The van der Waals surface area contributed by atoms with E-state index in [2.05, 4.69) is 139 Å². The van der Waals surface area contributed by atoms with Crippen LogP contribution in [0.25, 0.3) is 95.0 Å². The molecule has 4 nitrogen and oxygen atoms in total. The van der Waals surface area contributed by atoms with Crippen molar-refractivity contribution >= 4 is 11.0 Å². The van der Waals surface area contributed by atoms with E-state index in [-0.39, 0.29) is 22.1 Å². The van der Waals surface area contributed by atoms with Crippen LogP contribution in [0.15, 0.2) is 200 Å². The van der Waals surface area contributed by atoms with Gasteiger partial charge < -0.3 is 5.11 Å². The Morgan fingerprint density at radius 3 is 1.70 bits per heavy atom. The van der Waals surface area contributed by atoms with Crippen LogP contribution in [-0.4, -0.2) is 19.6 Å². The average molecular weight is 873 g/mol. The zero-order valence-electron chi connectivity index (χ0n) is 41.8. The molecule has 0 radical (unpaired) electrons. The summed E-state index contributed by atoms with van der Waals surface area (Å²) in [7, 11) is 0. The molecular formula is C63H55N3O. The molecule has 0 spiro atoms. The molecule has 328 valence electrons. The van der Waals surface area contributed by atoms with Gasteiger partial charge in [-0.1, -0.05) is 181 Å². The number of phenols is 1. The lowest BCUT2D eigenvalue weighted by atomic mass is 9.83. The molecule has 1 N–H and O–H groups in total. The van der Waals surface area contributed by atoms with Gasteiger partial charge in [0.15, 0.2) is 0 Å². The van der Waals surface area contributed by atoms with E-state index in [4.69, 9.17) is 14.1 Å². The molecule has 0 aliphatic heterocycles. The summed E-state index contributed by atoms with van der Waals surface area (Å²) in [6, 6.07) is 65.4. The first-order valence-electron chi connectivity index (χ1n) is 24.4. The summed E-state index contributed by atoms with van der Waals surface area (Å²) in [5.74, 6) is 0.544. The lowest BCUT2D eigenvalue weighted by molar-refractivity contribution is 0.477. The summed E-state index contributed by atoms with van der Waals surface area (Å²) < 4.78 is 29.0. The van der Waals surface area contributed by atoms with E-state index < -0.39 is 6.85 Å². The fourth-order valence-electron chi connectivity index (χ4n) is 9.05. The van der Waals surface area contributed by atoms with E-state index in [0.717, 1.165) is 72.4 Å². The molecular weight excluding hydrogens is 815 g/mol. The van der Waals surface area contributed by atoms with Crippen molar-refractivity contribution in [3.05, 3.63) is 217 Å². The number of aryl methyl sites for hydroxylation is 1. The molecule has 10 aromatic rings. The minimum atomic E-state index is -2.47. The van der Waals surface area contributed by atoms with Crippen molar-refractivity contribution in [3.63, 3.8) is 0 Å². The molecule has 10 rings (SSSR count). The highest BCUT2D eigenvalue weighted by molar-refractivity contribution is 5.98. The Kier molecular flexibility index (Phi) is 10.1. The fraction of sp³-hybridized carbons (Fsp3) is 0.143. The lowest BCUT2D eigenvalue weighted by Crippen LogP contribution is -2.11. The number of hydrogen-bond donors (Lipinski definition) is 1. The van der Waals surface area contributed by atoms with Gasteiger partial charge in [0.05, 0.1) is 28.0 Å². The first-order valence-corrected chi connectivity index (χ1v) is 22.9. The average Bonchev–Trinajstić information content (AvgIpc) is 3.75. The maximum atomic E-state index is 11.6. The van der Waals surface area contributed by atoms with Crippen molar-refractivity contribution in [1.82, 2.24) is 14.5 Å². The lowest BCUT2D eigenvalue weighted by Gasteiger charge is -2.22. The van der Waals surface area contributed by atoms with Crippen LogP contribution in [0.1, 0.15) is 62.3 Å². The van der Waals surface area contributed by atoms with Gasteiger partial charge in [-0.05, 0) is 133 Å². The highest BCUT2D eigenvalue weighted by atomic mass is 16.3. The van der Waals surface area contributed by atoms with Crippen LogP contribution >= 0.6 is 0 Å². The minimum Gasteiger partial charge on any atom is -0.507 e. The predicted molar refractivity (Wildman–Crippen MR) is 281 cm³/mol. The number of aromatic nitrogens is 3. The molecule has 0 unspecified atom stereocenters. The number of fused-ring (bicyclic) bond motifs is 1. The summed E-state index contributed by atoms with van der Waals surface area (Å²) in [5.41, 5.74) is 16.2. The van der Waals surface area contributed by atoms with Gasteiger partial charge in [0.1, 0.15) is 11.6 Å². The number of aromatic hydroxyl groups is 1. The second-order valence-electron chi connectivity index (χ2n) is 19.5. The SMILES string of the molecule is [2H]C([2H])([2H])c1cc(-n2c(-c3ccccc3O)nc3c(-c4cc(-c5cc(-c6ccc(-c7ccccc7)cc6)ccn5)cc(C(C)(C)C)c4)cccc32)c(-c2ccccc2)cc1-c1ccc(C(C)(C)C)cc1. The quantitative estimate of drug-likeness (QED) is 0.165. The van der Waals surface area contributed by atoms with Crippen LogP contribution < -0.4 is 0 Å². The van der Waals surface area contributed by atoms with Gasteiger partial charge >= 0.3 is 0 Å². The molecule has 0 aliphatic rings. The molecule has 2 aromatic heterocycles. The minimum absolute atomic E-state index is 0.0612. The van der Waals surface area contributed by atoms with Crippen molar-refractivity contribution in [2.24, 2.45) is 0 Å². The number of imidazole rings is 1. The molecule has 0 bridgehead atoms. The molecule has 0 saturated carbocycles. The number of hydrogen-bond acceptors (Lipinski definition) is 3. The molecule has 0 atom stereocenters. The molecule has 67 heavy (non-hydrogen) atoms. The van der Waals surface area contributed by atoms with Crippen molar-refractivity contribution in [2.75, 3.05) is 0 Å². The van der Waals surface area contributed by atoms with E-state index >= 15 is 0 Å². The zero-order chi connectivity index (χ0) is 49.0. The Hall–Kier alpha value is -7.82. The third-order valence-electron chi connectivity index (χ3n) is 12.8. The first kappa shape index (κ1) is 39.5. The highest BCUT2D eigenvalue weighted by Gasteiger charge is 2.25. The van der Waals surface area contributed by atoms with Crippen LogP contribution in [0, 0.1) is 6.85 Å². The van der Waals surface area contributed by atoms with Crippen LogP contribution in [0.4, 0.5) is 0 Å². The monoisotopic (exact) mass is 872 g/mol. The van der Waals surface area contributed by atoms with Gasteiger partial charge in [-0.3, -0.25) is 9.55 Å². The fourth-order valence-corrected chi connectivity index (χ4v) is 9.05. The number of nitrogens with zero attached hydrogens (tertiary/aromatic N) is 3. The van der Waals surface area contributed by atoms with Crippen LogP contribution in [0.2, 0.25) is 0 Å². The number of rotatable bonds is 8. The number of pyridine rings is 1. The third kappa shape index (κ3) is 8.48. The third-order valence-corrected chi connectivity index (χ3v) is 12.8. The van der Waals surface area contributed by atoms with Crippen LogP contribution in [0.3, 0.4) is 0 Å². The Morgan fingerprint density at radius 1 is 0.448 bits per heavy atom. The van der Waals surface area contributed by atoms with Gasteiger partial charge in [0, 0.05) is 27.0 Å². The largest absolute Gasteiger partial charge is 0.507 e. The van der Waals surface area contributed by atoms with Gasteiger partial charge in [0.25, 0.3) is 0 Å². The first-order chi connectivity index (χ1) is 33.5. The number of benzene rings is 8. The molecule has 4 heteroatoms. The van der Waals surface area contributed by atoms with Crippen molar-refractivity contribution in [3.8, 4) is 89.7 Å². The van der Waals surface area contributed by atoms with Gasteiger partial charge in [-0.15, -0.1) is 0 Å². The second kappa shape index (κ2) is 17.2. The number of para-hydroxylation sites is 2. The molecule has 0 fully saturated rings. The standard InChI is InChI=1S/C63H55N3O/c1-41-35-58(55(45-19-12-9-13-20-45)40-54(41)46-29-31-50(32-30-46)62(2,3)4)66-57-23-16-22-52(60(57)65-61(66)53-21-14-15-24-59(53)67)48-36-49(38-51(37-48)63(5,6)7)56-39-47(33-34-64-56)44-27-25-43(26-28-44)42-17-10-8-11-18-42/h8-40,67H,1-7H3/i1D3. The topological polar surface area (TPSA) is 50.9 Å². The summed E-state index contributed by atoms with van der Waals surface area (Å²) in [6.07, 6.45) is 1.88. The maximum absolute atomic E-state index is 11.6. The van der Waals surface area contributed by atoms with Gasteiger partial charge in [-0.25, -0.2) is 4.98 Å². The summed E-state index contributed by atoms with van der Waals surface area (Å²) in [6.45, 7) is 10.7. The summed E-state index contributed by atoms with van der Waals surface area (Å²) in [4.78, 5) is 10.4. The number of phenolic OH excluding ortho intramolecular Hbond substituents is 1. The Balaban J connectivity index is 1.19. The predicted octanol–water partition coefficient (Wildman–Crippen LogP) is 16.7. The maximum Gasteiger partial charge on any atom is 0.149 e. The van der Waals surface area contributed by atoms with Crippen molar-refractivity contribution in [2.45, 2.75) is 59.2 Å². The Morgan fingerprint density at radius 2 is 1.03 bits per heavy atom. The summed E-state index contributed by atoms with van der Waals surface area (Å²) >= 11 is 0. The van der Waals surface area contributed by atoms with Crippen LogP contribution in [-0.2, 0) is 10.8 Å². The highest BCUT2D eigenvalue weighted by Crippen LogP contribution is 2.43. The van der Waals surface area contributed by atoms with E-state index in [1.165, 1.54) is 5.56 Å². The van der Waals surface area contributed by atoms with Crippen LogP contribution in [0.5, 0.6) is 5.75 Å². The normalized spacial score (nSPS) is 12.7. The van der Waals surface area contributed by atoms with E-state index in [0.29, 0.717) is 28.2 Å². The van der Waals surface area contributed by atoms with Gasteiger partial charge in [0.2, 0.25) is 0 Å². The molecule has 0 amide bonds. The van der Waals surface area contributed by atoms with Crippen molar-refractivity contribution < 1.29 is 9.22 Å². The van der Waals surface area contributed by atoms with E-state index in [1.807, 2.05) is 95.7 Å². The Bertz CT molecular complexity index is 3530. The summed E-state index contributed by atoms with van der Waals surface area (Å²) in [5, 5.41) is 11.6. The van der Waals surface area contributed by atoms with Gasteiger partial charge in [-0.2, -0.15) is 0 Å². The molecule has 2 heterocycles. The second-order valence-corrected chi connectivity index (χ2v) is 19.5.